The molecule has 0 aliphatic rings. The first-order valence-electron chi connectivity index (χ1n) is 15.3. The molecule has 0 fully saturated rings. The monoisotopic (exact) mass is 520 g/mol. The van der Waals surface area contributed by atoms with Gasteiger partial charge in [0.1, 0.15) is 0 Å². The molecule has 0 rings (SSSR count). The predicted molar refractivity (Wildman–Crippen MR) is 150 cm³/mol. The van der Waals surface area contributed by atoms with Gasteiger partial charge in [0, 0.05) is 0 Å². The topological polar surface area (TPSA) is 65.0 Å². The van der Waals surface area contributed by atoms with Gasteiger partial charge in [0.2, 0.25) is 0 Å². The van der Waals surface area contributed by atoms with Crippen LogP contribution in [0.1, 0.15) is 162 Å². The Hall–Kier alpha value is 0.0700. The Bertz CT molecular complexity index is 434. The van der Waals surface area contributed by atoms with Gasteiger partial charge in [-0.15, -0.1) is 0 Å². The SMILES string of the molecule is CCCCCCCCCCOP(=O)(OCCCCCCCCCC)OCCCCCCC(O)CC. The molecule has 35 heavy (non-hydrogen) atoms. The van der Waals surface area contributed by atoms with Gasteiger partial charge in [-0.05, 0) is 32.1 Å². The van der Waals surface area contributed by atoms with Gasteiger partial charge in [-0.2, -0.15) is 0 Å². The second-order valence-electron chi connectivity index (χ2n) is 10.2. The van der Waals surface area contributed by atoms with Crippen molar-refractivity contribution in [3.63, 3.8) is 0 Å². The van der Waals surface area contributed by atoms with Crippen molar-refractivity contribution in [2.75, 3.05) is 19.8 Å². The Balaban J connectivity index is 4.11. The van der Waals surface area contributed by atoms with Crippen LogP contribution < -0.4 is 0 Å². The summed E-state index contributed by atoms with van der Waals surface area (Å²) in [4.78, 5) is 0. The molecule has 0 radical (unpaired) electrons. The van der Waals surface area contributed by atoms with Crippen LogP contribution in [0, 0.1) is 0 Å². The first-order chi connectivity index (χ1) is 17.1. The summed E-state index contributed by atoms with van der Waals surface area (Å²) in [5.41, 5.74) is 0. The van der Waals surface area contributed by atoms with Crippen molar-refractivity contribution in [2.45, 2.75) is 168 Å². The highest BCUT2D eigenvalue weighted by molar-refractivity contribution is 7.48. The van der Waals surface area contributed by atoms with Gasteiger partial charge < -0.3 is 5.11 Å². The van der Waals surface area contributed by atoms with E-state index in [1.54, 1.807) is 0 Å². The minimum atomic E-state index is -3.48. The quantitative estimate of drug-likeness (QED) is 0.0785. The Morgan fingerprint density at radius 2 is 0.829 bits per heavy atom. The largest absolute Gasteiger partial charge is 0.474 e. The van der Waals surface area contributed by atoms with Gasteiger partial charge >= 0.3 is 7.82 Å². The van der Waals surface area contributed by atoms with Crippen LogP contribution in [0.3, 0.4) is 0 Å². The van der Waals surface area contributed by atoms with Crippen LogP contribution in [0.4, 0.5) is 0 Å². The molecule has 1 N–H and O–H groups in total. The van der Waals surface area contributed by atoms with Crippen molar-refractivity contribution in [3.05, 3.63) is 0 Å². The Morgan fingerprint density at radius 3 is 1.17 bits per heavy atom. The molecule has 0 spiro atoms. The fourth-order valence-corrected chi connectivity index (χ4v) is 5.43. The van der Waals surface area contributed by atoms with E-state index in [-0.39, 0.29) is 6.10 Å². The third-order valence-electron chi connectivity index (χ3n) is 6.65. The lowest BCUT2D eigenvalue weighted by Gasteiger charge is -2.18. The van der Waals surface area contributed by atoms with Crippen molar-refractivity contribution in [3.8, 4) is 0 Å². The average molecular weight is 521 g/mol. The van der Waals surface area contributed by atoms with E-state index in [4.69, 9.17) is 13.6 Å². The van der Waals surface area contributed by atoms with Crippen LogP contribution in [-0.4, -0.2) is 31.0 Å². The molecule has 0 saturated carbocycles. The van der Waals surface area contributed by atoms with Crippen LogP contribution in [0.15, 0.2) is 0 Å². The summed E-state index contributed by atoms with van der Waals surface area (Å²) in [5.74, 6) is 0. The molecule has 0 aromatic heterocycles. The third kappa shape index (κ3) is 25.5. The first kappa shape index (κ1) is 35.1. The van der Waals surface area contributed by atoms with Gasteiger partial charge in [0.15, 0.2) is 0 Å². The number of phosphoric ester groups is 1. The number of phosphoric acid groups is 1. The van der Waals surface area contributed by atoms with E-state index in [9.17, 15) is 9.67 Å². The van der Waals surface area contributed by atoms with E-state index >= 15 is 0 Å². The number of rotatable bonds is 29. The fourth-order valence-electron chi connectivity index (χ4n) is 4.15. The maximum absolute atomic E-state index is 13.1. The smallest absolute Gasteiger partial charge is 0.393 e. The number of unbranched alkanes of at least 4 members (excludes halogenated alkanes) is 17. The zero-order chi connectivity index (χ0) is 25.9. The molecule has 1 unspecified atom stereocenters. The zero-order valence-corrected chi connectivity index (χ0v) is 24.7. The van der Waals surface area contributed by atoms with E-state index < -0.39 is 7.82 Å². The van der Waals surface area contributed by atoms with Gasteiger partial charge in [-0.25, -0.2) is 4.57 Å². The summed E-state index contributed by atoms with van der Waals surface area (Å²) in [5, 5.41) is 9.64. The molecular formula is C29H61O5P. The zero-order valence-electron chi connectivity index (χ0n) is 23.8. The molecule has 0 aromatic carbocycles. The lowest BCUT2D eigenvalue weighted by atomic mass is 10.1. The maximum Gasteiger partial charge on any atom is 0.474 e. The number of aliphatic hydroxyl groups is 1. The van der Waals surface area contributed by atoms with Crippen LogP contribution in [-0.2, 0) is 18.1 Å². The number of aliphatic hydroxyl groups excluding tert-OH is 1. The standard InChI is InChI=1S/C29H61O5P/c1-4-7-9-11-13-15-18-22-26-32-35(31,33-27-23-19-16-14-12-10-8-5-2)34-28-24-20-17-21-25-29(30)6-3/h29-30H,4-28H2,1-3H3. The lowest BCUT2D eigenvalue weighted by Crippen LogP contribution is -2.05. The van der Waals surface area contributed by atoms with Crippen molar-refractivity contribution in [1.82, 2.24) is 0 Å². The predicted octanol–water partition coefficient (Wildman–Crippen LogP) is 10.1. The van der Waals surface area contributed by atoms with Crippen LogP contribution in [0.25, 0.3) is 0 Å². The van der Waals surface area contributed by atoms with Gasteiger partial charge in [-0.3, -0.25) is 13.6 Å². The van der Waals surface area contributed by atoms with Crippen LogP contribution in [0.2, 0.25) is 0 Å². The summed E-state index contributed by atoms with van der Waals surface area (Å²) in [6, 6.07) is 0. The molecule has 1 atom stereocenters. The summed E-state index contributed by atoms with van der Waals surface area (Å²) in [7, 11) is -3.48. The highest BCUT2D eigenvalue weighted by Gasteiger charge is 2.26. The summed E-state index contributed by atoms with van der Waals surface area (Å²) in [6.45, 7) is 7.79. The van der Waals surface area contributed by atoms with E-state index in [0.717, 1.165) is 64.2 Å². The molecule has 0 aromatic rings. The van der Waals surface area contributed by atoms with E-state index in [1.165, 1.54) is 77.0 Å². The highest BCUT2D eigenvalue weighted by atomic mass is 31.2. The molecule has 0 aliphatic heterocycles. The van der Waals surface area contributed by atoms with Crippen molar-refractivity contribution in [1.29, 1.82) is 0 Å². The molecule has 0 heterocycles. The third-order valence-corrected chi connectivity index (χ3v) is 8.14. The number of hydrogen-bond acceptors (Lipinski definition) is 5. The number of hydrogen-bond donors (Lipinski definition) is 1. The van der Waals surface area contributed by atoms with E-state index in [2.05, 4.69) is 13.8 Å². The van der Waals surface area contributed by atoms with Crippen LogP contribution >= 0.6 is 7.82 Å². The minimum absolute atomic E-state index is 0.180. The Kier molecular flexibility index (Phi) is 27.2. The molecule has 5 nitrogen and oxygen atoms in total. The van der Waals surface area contributed by atoms with E-state index in [0.29, 0.717) is 19.8 Å². The molecular weight excluding hydrogens is 459 g/mol. The second kappa shape index (κ2) is 27.1. The minimum Gasteiger partial charge on any atom is -0.393 e. The molecule has 0 aliphatic carbocycles. The van der Waals surface area contributed by atoms with Gasteiger partial charge in [0.25, 0.3) is 0 Å². The normalized spacial score (nSPS) is 12.9. The maximum atomic E-state index is 13.1. The Labute approximate surface area is 219 Å². The first-order valence-corrected chi connectivity index (χ1v) is 16.8. The second-order valence-corrected chi connectivity index (χ2v) is 11.8. The molecule has 0 bridgehead atoms. The van der Waals surface area contributed by atoms with Gasteiger partial charge in [-0.1, -0.05) is 130 Å². The molecule has 6 heteroatoms. The van der Waals surface area contributed by atoms with Crippen molar-refractivity contribution >= 4 is 7.82 Å². The van der Waals surface area contributed by atoms with Crippen molar-refractivity contribution < 1.29 is 23.2 Å². The Morgan fingerprint density at radius 1 is 0.514 bits per heavy atom. The molecule has 212 valence electrons. The molecule has 0 saturated heterocycles. The van der Waals surface area contributed by atoms with Gasteiger partial charge in [0.05, 0.1) is 25.9 Å². The summed E-state index contributed by atoms with van der Waals surface area (Å²) >= 11 is 0. The highest BCUT2D eigenvalue weighted by Crippen LogP contribution is 2.50. The van der Waals surface area contributed by atoms with E-state index in [1.807, 2.05) is 6.92 Å². The average Bonchev–Trinajstić information content (AvgIpc) is 2.86. The lowest BCUT2D eigenvalue weighted by molar-refractivity contribution is 0.108. The summed E-state index contributed by atoms with van der Waals surface area (Å²) in [6.07, 6.45) is 25.0. The van der Waals surface area contributed by atoms with Crippen molar-refractivity contribution in [2.24, 2.45) is 0 Å². The summed E-state index contributed by atoms with van der Waals surface area (Å²) < 4.78 is 30.2. The molecule has 0 amide bonds. The van der Waals surface area contributed by atoms with Crippen LogP contribution in [0.5, 0.6) is 0 Å². The fraction of sp³-hybridized carbons (Fsp3) is 1.00.